The van der Waals surface area contributed by atoms with Crippen LogP contribution in [0, 0.1) is 0 Å². The Labute approximate surface area is 123 Å². The number of hydrogen-bond acceptors (Lipinski definition) is 2. The molecule has 1 rings (SSSR count). The minimum absolute atomic E-state index is 0.273. The smallest absolute Gasteiger partial charge is 0.355 e. The molecule has 0 bridgehead atoms. The molecule has 2 nitrogen and oxygen atoms in total. The van der Waals surface area contributed by atoms with Gasteiger partial charge in [0.2, 0.25) is 0 Å². The Bertz CT molecular complexity index is 553. The van der Waals surface area contributed by atoms with Gasteiger partial charge in [-0.15, -0.1) is 0 Å². The molecular formula is C16H19F3N2. The van der Waals surface area contributed by atoms with Crippen molar-refractivity contribution in [3.8, 4) is 0 Å². The van der Waals surface area contributed by atoms with Gasteiger partial charge in [0, 0.05) is 13.6 Å². The SMILES string of the molecule is C=C/C(=C\C=C(C)C)CN(C)c1cccc(C(F)(F)F)n1. The number of nitrogens with zero attached hydrogens (tertiary/aromatic N) is 2. The zero-order chi connectivity index (χ0) is 16.0. The summed E-state index contributed by atoms with van der Waals surface area (Å²) in [7, 11) is 1.70. The first-order valence-corrected chi connectivity index (χ1v) is 6.46. The van der Waals surface area contributed by atoms with Crippen LogP contribution >= 0.6 is 0 Å². The summed E-state index contributed by atoms with van der Waals surface area (Å²) in [5.41, 5.74) is 1.15. The molecule has 0 aliphatic carbocycles. The van der Waals surface area contributed by atoms with Crippen LogP contribution in [0.5, 0.6) is 0 Å². The highest BCUT2D eigenvalue weighted by Gasteiger charge is 2.32. The van der Waals surface area contributed by atoms with Gasteiger partial charge in [-0.05, 0) is 31.6 Å². The summed E-state index contributed by atoms with van der Waals surface area (Å²) >= 11 is 0. The van der Waals surface area contributed by atoms with E-state index in [4.69, 9.17) is 0 Å². The van der Waals surface area contributed by atoms with Crippen molar-refractivity contribution >= 4 is 5.82 Å². The Morgan fingerprint density at radius 2 is 1.95 bits per heavy atom. The van der Waals surface area contributed by atoms with Crippen LogP contribution in [0.2, 0.25) is 0 Å². The number of pyridine rings is 1. The van der Waals surface area contributed by atoms with E-state index >= 15 is 0 Å². The minimum atomic E-state index is -4.43. The summed E-state index contributed by atoms with van der Waals surface area (Å²) in [6.45, 7) is 8.09. The Kier molecular flexibility index (Phi) is 5.76. The van der Waals surface area contributed by atoms with Gasteiger partial charge in [-0.3, -0.25) is 0 Å². The first kappa shape index (κ1) is 17.0. The largest absolute Gasteiger partial charge is 0.433 e. The number of aromatic nitrogens is 1. The lowest BCUT2D eigenvalue weighted by molar-refractivity contribution is -0.141. The summed E-state index contributed by atoms with van der Waals surface area (Å²) in [5.74, 6) is 0.273. The van der Waals surface area contributed by atoms with Crippen molar-refractivity contribution < 1.29 is 13.2 Å². The molecule has 0 saturated heterocycles. The van der Waals surface area contributed by atoms with Crippen molar-refractivity contribution in [1.82, 2.24) is 4.98 Å². The van der Waals surface area contributed by atoms with Gasteiger partial charge in [-0.2, -0.15) is 13.2 Å². The van der Waals surface area contributed by atoms with Crippen molar-refractivity contribution in [2.24, 2.45) is 0 Å². The standard InChI is InChI=1S/C16H19F3N2/c1-5-13(10-9-12(2)3)11-21(4)15-8-6-7-14(20-15)16(17,18)19/h5-10H,1,11H2,2-4H3/b13-10+. The maximum atomic E-state index is 12.7. The molecule has 0 unspecified atom stereocenters. The number of anilines is 1. The molecule has 1 heterocycles. The maximum Gasteiger partial charge on any atom is 0.433 e. The quantitative estimate of drug-likeness (QED) is 0.737. The molecule has 1 aromatic heterocycles. The van der Waals surface area contributed by atoms with Crippen molar-refractivity contribution in [3.05, 3.63) is 59.8 Å². The molecule has 0 atom stereocenters. The average Bonchev–Trinajstić information content (AvgIpc) is 2.42. The normalized spacial score (nSPS) is 12.0. The predicted octanol–water partition coefficient (Wildman–Crippen LogP) is 4.62. The molecule has 1 aromatic rings. The molecular weight excluding hydrogens is 277 g/mol. The van der Waals surface area contributed by atoms with Gasteiger partial charge in [0.15, 0.2) is 0 Å². The van der Waals surface area contributed by atoms with E-state index in [1.807, 2.05) is 26.0 Å². The average molecular weight is 296 g/mol. The third-order valence-corrected chi connectivity index (χ3v) is 2.73. The monoisotopic (exact) mass is 296 g/mol. The number of hydrogen-bond donors (Lipinski definition) is 0. The molecule has 21 heavy (non-hydrogen) atoms. The minimum Gasteiger partial charge on any atom is -0.355 e. The molecule has 0 aromatic carbocycles. The summed E-state index contributed by atoms with van der Waals surface area (Å²) in [4.78, 5) is 5.30. The molecule has 0 saturated carbocycles. The number of halogens is 3. The summed E-state index contributed by atoms with van der Waals surface area (Å²) in [6.07, 6.45) is 1.08. The third-order valence-electron chi connectivity index (χ3n) is 2.73. The lowest BCUT2D eigenvalue weighted by atomic mass is 10.2. The summed E-state index contributed by atoms with van der Waals surface area (Å²) in [5, 5.41) is 0. The molecule has 0 aliphatic heterocycles. The van der Waals surface area contributed by atoms with Gasteiger partial charge < -0.3 is 4.90 Å². The van der Waals surface area contributed by atoms with Crippen LogP contribution in [-0.4, -0.2) is 18.6 Å². The topological polar surface area (TPSA) is 16.1 Å². The van der Waals surface area contributed by atoms with Crippen LogP contribution in [-0.2, 0) is 6.18 Å². The van der Waals surface area contributed by atoms with Crippen LogP contribution in [0.25, 0.3) is 0 Å². The van der Waals surface area contributed by atoms with E-state index in [-0.39, 0.29) is 5.82 Å². The van der Waals surface area contributed by atoms with Crippen LogP contribution in [0.1, 0.15) is 19.5 Å². The van der Waals surface area contributed by atoms with E-state index in [2.05, 4.69) is 11.6 Å². The van der Waals surface area contributed by atoms with Gasteiger partial charge in [0.25, 0.3) is 0 Å². The second kappa shape index (κ2) is 7.11. The molecule has 0 spiro atoms. The van der Waals surface area contributed by atoms with Crippen molar-refractivity contribution in [2.75, 3.05) is 18.5 Å². The number of allylic oxidation sites excluding steroid dienone is 3. The molecule has 0 fully saturated rings. The van der Waals surface area contributed by atoms with Gasteiger partial charge in [0.1, 0.15) is 11.5 Å². The van der Waals surface area contributed by atoms with Gasteiger partial charge in [0.05, 0.1) is 0 Å². The number of alkyl halides is 3. The second-order valence-electron chi connectivity index (χ2n) is 4.92. The highest BCUT2D eigenvalue weighted by atomic mass is 19.4. The van der Waals surface area contributed by atoms with Crippen molar-refractivity contribution in [2.45, 2.75) is 20.0 Å². The lowest BCUT2D eigenvalue weighted by Gasteiger charge is -2.19. The van der Waals surface area contributed by atoms with Crippen LogP contribution in [0.4, 0.5) is 19.0 Å². The van der Waals surface area contributed by atoms with E-state index in [9.17, 15) is 13.2 Å². The van der Waals surface area contributed by atoms with Crippen molar-refractivity contribution in [3.63, 3.8) is 0 Å². The molecule has 0 amide bonds. The Morgan fingerprint density at radius 3 is 2.48 bits per heavy atom. The fraction of sp³-hybridized carbons (Fsp3) is 0.312. The highest BCUT2D eigenvalue weighted by molar-refractivity contribution is 5.42. The van der Waals surface area contributed by atoms with Gasteiger partial charge in [-0.25, -0.2) is 4.98 Å². The van der Waals surface area contributed by atoms with Gasteiger partial charge in [-0.1, -0.05) is 36.4 Å². The van der Waals surface area contributed by atoms with E-state index in [0.717, 1.165) is 17.2 Å². The second-order valence-corrected chi connectivity index (χ2v) is 4.92. The molecule has 0 aliphatic rings. The van der Waals surface area contributed by atoms with Crippen LogP contribution in [0.3, 0.4) is 0 Å². The van der Waals surface area contributed by atoms with Crippen LogP contribution in [0.15, 0.2) is 54.2 Å². The zero-order valence-corrected chi connectivity index (χ0v) is 12.4. The van der Waals surface area contributed by atoms with E-state index in [0.29, 0.717) is 6.54 Å². The maximum absolute atomic E-state index is 12.7. The molecule has 0 radical (unpaired) electrons. The Hall–Kier alpha value is -2.04. The number of likely N-dealkylation sites (N-methyl/N-ethyl adjacent to an activating group) is 1. The first-order chi connectivity index (χ1) is 9.74. The predicted molar refractivity (Wildman–Crippen MR) is 80.2 cm³/mol. The fourth-order valence-corrected chi connectivity index (χ4v) is 1.61. The zero-order valence-electron chi connectivity index (χ0n) is 12.4. The fourth-order valence-electron chi connectivity index (χ4n) is 1.61. The summed E-state index contributed by atoms with van der Waals surface area (Å²) < 4.78 is 38.0. The van der Waals surface area contributed by atoms with Gasteiger partial charge >= 0.3 is 6.18 Å². The number of rotatable bonds is 5. The van der Waals surface area contributed by atoms with E-state index in [1.54, 1.807) is 24.1 Å². The van der Waals surface area contributed by atoms with Crippen molar-refractivity contribution in [1.29, 1.82) is 0 Å². The van der Waals surface area contributed by atoms with E-state index < -0.39 is 11.9 Å². The molecule has 114 valence electrons. The Balaban J connectivity index is 2.93. The first-order valence-electron chi connectivity index (χ1n) is 6.46. The lowest BCUT2D eigenvalue weighted by Crippen LogP contribution is -2.22. The molecule has 0 N–H and O–H groups in total. The van der Waals surface area contributed by atoms with Crippen LogP contribution < -0.4 is 4.90 Å². The highest BCUT2D eigenvalue weighted by Crippen LogP contribution is 2.28. The summed E-state index contributed by atoms with van der Waals surface area (Å²) in [6, 6.07) is 3.87. The third kappa shape index (κ3) is 5.45. The molecule has 5 heteroatoms. The Morgan fingerprint density at radius 1 is 1.29 bits per heavy atom. The van der Waals surface area contributed by atoms with E-state index in [1.165, 1.54) is 6.07 Å².